The van der Waals surface area contributed by atoms with Crippen LogP contribution < -0.4 is 0 Å². The molecule has 18 heavy (non-hydrogen) atoms. The molecule has 1 rings (SSSR count). The number of halogens is 2. The summed E-state index contributed by atoms with van der Waals surface area (Å²) in [6.07, 6.45) is 1.29. The fourth-order valence-corrected chi connectivity index (χ4v) is 1.71. The summed E-state index contributed by atoms with van der Waals surface area (Å²) in [6, 6.07) is 6.21. The van der Waals surface area contributed by atoms with Crippen LogP contribution in [0, 0.1) is 22.6 Å². The maximum absolute atomic E-state index is 13.5. The van der Waals surface area contributed by atoms with Gasteiger partial charge in [-0.3, -0.25) is 4.79 Å². The van der Waals surface area contributed by atoms with Crippen molar-refractivity contribution in [1.82, 2.24) is 0 Å². The molecule has 0 atom stereocenters. The molecule has 94 valence electrons. The van der Waals surface area contributed by atoms with Crippen LogP contribution in [0.15, 0.2) is 28.2 Å². The molecule has 0 saturated carbocycles. The minimum Gasteiger partial charge on any atom is -0.293 e. The quantitative estimate of drug-likeness (QED) is 0.609. The van der Waals surface area contributed by atoms with Crippen molar-refractivity contribution in [2.24, 2.45) is 5.41 Å². The summed E-state index contributed by atoms with van der Waals surface area (Å²) in [6.45, 7) is 5.16. The van der Waals surface area contributed by atoms with Crippen LogP contribution >= 0.6 is 15.9 Å². The molecule has 1 aromatic rings. The standard InChI is InChI=1S/C14H13BrFNO/c1-14(2,3)13(18)10(8-17)6-9-7-11(15)4-5-12(9)16/h4-7H,1-3H3/b10-6+. The summed E-state index contributed by atoms with van der Waals surface area (Å²) in [5.74, 6) is -0.767. The van der Waals surface area contributed by atoms with Gasteiger partial charge in [-0.1, -0.05) is 36.7 Å². The van der Waals surface area contributed by atoms with Crippen molar-refractivity contribution in [2.75, 3.05) is 0 Å². The first kappa shape index (κ1) is 14.6. The van der Waals surface area contributed by atoms with Crippen molar-refractivity contribution in [3.63, 3.8) is 0 Å². The van der Waals surface area contributed by atoms with E-state index in [0.29, 0.717) is 4.47 Å². The van der Waals surface area contributed by atoms with Crippen LogP contribution in [-0.2, 0) is 4.79 Å². The summed E-state index contributed by atoms with van der Waals surface area (Å²) in [5.41, 5.74) is -0.484. The molecule has 1 aromatic carbocycles. The number of carbonyl (C=O) groups excluding carboxylic acids is 1. The van der Waals surface area contributed by atoms with E-state index in [2.05, 4.69) is 15.9 Å². The zero-order valence-corrected chi connectivity index (χ0v) is 12.0. The van der Waals surface area contributed by atoms with Gasteiger partial charge >= 0.3 is 0 Å². The molecular weight excluding hydrogens is 297 g/mol. The van der Waals surface area contributed by atoms with Gasteiger partial charge in [0, 0.05) is 15.5 Å². The largest absolute Gasteiger partial charge is 0.293 e. The van der Waals surface area contributed by atoms with E-state index >= 15 is 0 Å². The average molecular weight is 310 g/mol. The lowest BCUT2D eigenvalue weighted by Crippen LogP contribution is -2.21. The number of rotatable bonds is 2. The van der Waals surface area contributed by atoms with E-state index in [4.69, 9.17) is 5.26 Å². The fourth-order valence-electron chi connectivity index (χ4n) is 1.33. The molecule has 4 heteroatoms. The molecule has 2 nitrogen and oxygen atoms in total. The molecule has 0 heterocycles. The van der Waals surface area contributed by atoms with E-state index in [-0.39, 0.29) is 16.9 Å². The molecular formula is C14H13BrFNO. The number of hydrogen-bond donors (Lipinski definition) is 0. The summed E-state index contributed by atoms with van der Waals surface area (Å²) in [5, 5.41) is 9.01. The highest BCUT2D eigenvalue weighted by Crippen LogP contribution is 2.23. The lowest BCUT2D eigenvalue weighted by atomic mass is 9.86. The Balaban J connectivity index is 3.25. The molecule has 0 N–H and O–H groups in total. The first-order chi connectivity index (χ1) is 8.25. The van der Waals surface area contributed by atoms with E-state index in [0.717, 1.165) is 0 Å². The molecule has 0 aromatic heterocycles. The van der Waals surface area contributed by atoms with Gasteiger partial charge in [0.05, 0.1) is 5.57 Å². The Morgan fingerprint density at radius 1 is 1.44 bits per heavy atom. The Morgan fingerprint density at radius 3 is 2.56 bits per heavy atom. The SMILES string of the molecule is CC(C)(C)C(=O)/C(C#N)=C/c1cc(Br)ccc1F. The molecule has 0 fully saturated rings. The molecule has 0 aliphatic rings. The molecule has 0 aliphatic carbocycles. The van der Waals surface area contributed by atoms with Crippen molar-refractivity contribution in [1.29, 1.82) is 5.26 Å². The van der Waals surface area contributed by atoms with Crippen LogP contribution in [0.5, 0.6) is 0 Å². The van der Waals surface area contributed by atoms with Crippen molar-refractivity contribution >= 4 is 27.8 Å². The Bertz CT molecular complexity index is 550. The van der Waals surface area contributed by atoms with Gasteiger partial charge in [-0.2, -0.15) is 5.26 Å². The second kappa shape index (κ2) is 5.45. The minimum atomic E-state index is -0.663. The van der Waals surface area contributed by atoms with E-state index < -0.39 is 11.2 Å². The predicted molar refractivity (Wildman–Crippen MR) is 72.2 cm³/mol. The van der Waals surface area contributed by atoms with Crippen LogP contribution in [0.4, 0.5) is 4.39 Å². The lowest BCUT2D eigenvalue weighted by Gasteiger charge is -2.15. The van der Waals surface area contributed by atoms with Crippen molar-refractivity contribution < 1.29 is 9.18 Å². The Morgan fingerprint density at radius 2 is 2.06 bits per heavy atom. The van der Waals surface area contributed by atoms with E-state index in [1.165, 1.54) is 18.2 Å². The molecule has 0 bridgehead atoms. The maximum Gasteiger partial charge on any atom is 0.178 e. The Hall–Kier alpha value is -1.47. The van der Waals surface area contributed by atoms with Gasteiger partial charge in [-0.25, -0.2) is 4.39 Å². The number of allylic oxidation sites excluding steroid dienone is 1. The van der Waals surface area contributed by atoms with E-state index in [9.17, 15) is 9.18 Å². The average Bonchev–Trinajstić information content (AvgIpc) is 2.28. The Kier molecular flexibility index (Phi) is 4.42. The third-order valence-corrected chi connectivity index (χ3v) is 2.80. The van der Waals surface area contributed by atoms with Crippen molar-refractivity contribution in [3.8, 4) is 6.07 Å². The highest BCUT2D eigenvalue weighted by molar-refractivity contribution is 9.10. The van der Waals surface area contributed by atoms with Gasteiger partial charge in [0.2, 0.25) is 0 Å². The highest BCUT2D eigenvalue weighted by Gasteiger charge is 2.25. The minimum absolute atomic E-state index is 0.0421. The molecule has 0 radical (unpaired) electrons. The first-order valence-corrected chi connectivity index (χ1v) is 6.16. The Labute approximate surface area is 114 Å². The first-order valence-electron chi connectivity index (χ1n) is 5.37. The number of carbonyl (C=O) groups is 1. The molecule has 0 aliphatic heterocycles. The van der Waals surface area contributed by atoms with Gasteiger partial charge in [-0.05, 0) is 24.3 Å². The second-order valence-corrected chi connectivity index (χ2v) is 5.83. The summed E-state index contributed by atoms with van der Waals surface area (Å²) >= 11 is 3.22. The smallest absolute Gasteiger partial charge is 0.178 e. The van der Waals surface area contributed by atoms with Crippen molar-refractivity contribution in [2.45, 2.75) is 20.8 Å². The second-order valence-electron chi connectivity index (χ2n) is 4.91. The molecule has 0 amide bonds. The zero-order valence-electron chi connectivity index (χ0n) is 10.4. The van der Waals surface area contributed by atoms with Gasteiger partial charge in [0.15, 0.2) is 5.78 Å². The summed E-state index contributed by atoms with van der Waals surface area (Å²) in [4.78, 5) is 12.0. The van der Waals surface area contributed by atoms with Crippen LogP contribution in [-0.4, -0.2) is 5.78 Å². The van der Waals surface area contributed by atoms with Gasteiger partial charge in [0.1, 0.15) is 11.9 Å². The maximum atomic E-state index is 13.5. The highest BCUT2D eigenvalue weighted by atomic mass is 79.9. The molecule has 0 unspecified atom stereocenters. The molecule has 0 spiro atoms. The summed E-state index contributed by atoms with van der Waals surface area (Å²) < 4.78 is 14.2. The topological polar surface area (TPSA) is 40.9 Å². The number of benzene rings is 1. The number of nitriles is 1. The number of ketones is 1. The lowest BCUT2D eigenvalue weighted by molar-refractivity contribution is -0.121. The zero-order chi connectivity index (χ0) is 13.9. The van der Waals surface area contributed by atoms with Crippen LogP contribution in [0.2, 0.25) is 0 Å². The monoisotopic (exact) mass is 309 g/mol. The summed E-state index contributed by atoms with van der Waals surface area (Å²) in [7, 11) is 0. The van der Waals surface area contributed by atoms with Gasteiger partial charge in [-0.15, -0.1) is 0 Å². The fraction of sp³-hybridized carbons (Fsp3) is 0.286. The number of Topliss-reactive ketones (excluding diaryl/α,β-unsaturated/α-hetero) is 1. The third-order valence-electron chi connectivity index (χ3n) is 2.30. The van der Waals surface area contributed by atoms with Crippen LogP contribution in [0.3, 0.4) is 0 Å². The van der Waals surface area contributed by atoms with Crippen molar-refractivity contribution in [3.05, 3.63) is 39.6 Å². The predicted octanol–water partition coefficient (Wildman–Crippen LogP) is 4.11. The van der Waals surface area contributed by atoms with Crippen LogP contribution in [0.25, 0.3) is 6.08 Å². The van der Waals surface area contributed by atoms with E-state index in [1.807, 2.05) is 6.07 Å². The van der Waals surface area contributed by atoms with Gasteiger partial charge < -0.3 is 0 Å². The normalized spacial score (nSPS) is 12.1. The number of nitrogens with zero attached hydrogens (tertiary/aromatic N) is 1. The third kappa shape index (κ3) is 3.51. The number of hydrogen-bond acceptors (Lipinski definition) is 2. The van der Waals surface area contributed by atoms with E-state index in [1.54, 1.807) is 26.8 Å². The molecule has 0 saturated heterocycles. The van der Waals surface area contributed by atoms with Crippen LogP contribution in [0.1, 0.15) is 26.3 Å². The van der Waals surface area contributed by atoms with Gasteiger partial charge in [0.25, 0.3) is 0 Å².